The third-order valence-electron chi connectivity index (χ3n) is 4.11. The standard InChI is InChI=1S/C20H23NO3/c1-3-4-11-24-18-7-5-16(6-8-18)21-17(14-22)12-15-13-19(23-2)9-10-20(15)21/h5-10,12-13,22H,3-4,11,14H2,1-2H3. The minimum absolute atomic E-state index is 0.0221. The number of aliphatic hydroxyl groups is 1. The average molecular weight is 325 g/mol. The van der Waals surface area contributed by atoms with E-state index in [1.54, 1.807) is 7.11 Å². The van der Waals surface area contributed by atoms with E-state index >= 15 is 0 Å². The van der Waals surface area contributed by atoms with E-state index in [2.05, 4.69) is 11.5 Å². The van der Waals surface area contributed by atoms with Gasteiger partial charge in [-0.3, -0.25) is 0 Å². The predicted octanol–water partition coefficient (Wildman–Crippen LogP) is 4.31. The molecule has 0 amide bonds. The van der Waals surface area contributed by atoms with Crippen molar-refractivity contribution in [3.8, 4) is 17.2 Å². The van der Waals surface area contributed by atoms with Gasteiger partial charge in [0.15, 0.2) is 0 Å². The number of unbranched alkanes of at least 4 members (excludes halogenated alkanes) is 1. The third kappa shape index (κ3) is 3.24. The second-order valence-electron chi connectivity index (χ2n) is 5.75. The van der Waals surface area contributed by atoms with Crippen molar-refractivity contribution in [1.82, 2.24) is 4.57 Å². The second-order valence-corrected chi connectivity index (χ2v) is 5.75. The van der Waals surface area contributed by atoms with Crippen molar-refractivity contribution < 1.29 is 14.6 Å². The summed E-state index contributed by atoms with van der Waals surface area (Å²) < 4.78 is 13.1. The quantitative estimate of drug-likeness (QED) is 0.658. The Bertz CT molecular complexity index is 806. The summed E-state index contributed by atoms with van der Waals surface area (Å²) in [6, 6.07) is 15.9. The van der Waals surface area contributed by atoms with Crippen LogP contribution in [0.2, 0.25) is 0 Å². The monoisotopic (exact) mass is 325 g/mol. The van der Waals surface area contributed by atoms with Crippen LogP contribution in [0.1, 0.15) is 25.5 Å². The number of aliphatic hydroxyl groups excluding tert-OH is 1. The van der Waals surface area contributed by atoms with E-state index in [0.717, 1.165) is 53.2 Å². The van der Waals surface area contributed by atoms with Gasteiger partial charge in [0.25, 0.3) is 0 Å². The number of aromatic nitrogens is 1. The average Bonchev–Trinajstić information content (AvgIpc) is 3.00. The zero-order valence-electron chi connectivity index (χ0n) is 14.2. The van der Waals surface area contributed by atoms with Crippen LogP contribution in [0.4, 0.5) is 0 Å². The molecule has 0 saturated carbocycles. The molecule has 0 unspecified atom stereocenters. The number of methoxy groups -OCH3 is 1. The van der Waals surface area contributed by atoms with Crippen LogP contribution in [0.25, 0.3) is 16.6 Å². The molecule has 0 radical (unpaired) electrons. The normalized spacial score (nSPS) is 11.0. The molecule has 0 bridgehead atoms. The Morgan fingerprint density at radius 1 is 1.00 bits per heavy atom. The molecule has 0 fully saturated rings. The van der Waals surface area contributed by atoms with Gasteiger partial charge >= 0.3 is 0 Å². The second kappa shape index (κ2) is 7.41. The molecule has 0 spiro atoms. The summed E-state index contributed by atoms with van der Waals surface area (Å²) in [4.78, 5) is 0. The molecule has 1 aromatic heterocycles. The molecule has 0 atom stereocenters. The maximum atomic E-state index is 9.73. The first-order valence-electron chi connectivity index (χ1n) is 8.29. The summed E-state index contributed by atoms with van der Waals surface area (Å²) in [5.74, 6) is 1.68. The highest BCUT2D eigenvalue weighted by Crippen LogP contribution is 2.28. The number of nitrogens with zero attached hydrogens (tertiary/aromatic N) is 1. The van der Waals surface area contributed by atoms with E-state index in [0.29, 0.717) is 0 Å². The van der Waals surface area contributed by atoms with Crippen LogP contribution < -0.4 is 9.47 Å². The Morgan fingerprint density at radius 2 is 1.75 bits per heavy atom. The minimum atomic E-state index is -0.0221. The Labute approximate surface area is 142 Å². The van der Waals surface area contributed by atoms with E-state index in [1.807, 2.05) is 48.5 Å². The molecule has 4 heteroatoms. The van der Waals surface area contributed by atoms with Gasteiger partial charge in [0.05, 0.1) is 25.8 Å². The molecule has 0 aliphatic carbocycles. The molecule has 126 valence electrons. The fourth-order valence-corrected chi connectivity index (χ4v) is 2.82. The molecular formula is C20H23NO3. The Balaban J connectivity index is 1.95. The highest BCUT2D eigenvalue weighted by atomic mass is 16.5. The maximum absolute atomic E-state index is 9.73. The topological polar surface area (TPSA) is 43.6 Å². The molecule has 1 N–H and O–H groups in total. The van der Waals surface area contributed by atoms with Gasteiger partial charge in [0, 0.05) is 16.8 Å². The van der Waals surface area contributed by atoms with E-state index in [9.17, 15) is 5.11 Å². The fourth-order valence-electron chi connectivity index (χ4n) is 2.82. The lowest BCUT2D eigenvalue weighted by Crippen LogP contribution is -2.01. The number of fused-ring (bicyclic) bond motifs is 1. The van der Waals surface area contributed by atoms with Gasteiger partial charge in [0.1, 0.15) is 11.5 Å². The lowest BCUT2D eigenvalue weighted by atomic mass is 10.2. The smallest absolute Gasteiger partial charge is 0.119 e. The number of hydrogen-bond donors (Lipinski definition) is 1. The summed E-state index contributed by atoms with van der Waals surface area (Å²) >= 11 is 0. The van der Waals surface area contributed by atoms with Crippen LogP contribution >= 0.6 is 0 Å². The number of rotatable bonds is 7. The summed E-state index contributed by atoms with van der Waals surface area (Å²) in [6.45, 7) is 2.87. The van der Waals surface area contributed by atoms with Gasteiger partial charge in [-0.15, -0.1) is 0 Å². The Kier molecular flexibility index (Phi) is 5.06. The molecule has 4 nitrogen and oxygen atoms in total. The van der Waals surface area contributed by atoms with Crippen LogP contribution in [-0.4, -0.2) is 23.4 Å². The van der Waals surface area contributed by atoms with Crippen molar-refractivity contribution in [3.05, 3.63) is 54.2 Å². The van der Waals surface area contributed by atoms with Crippen LogP contribution in [-0.2, 0) is 6.61 Å². The molecule has 24 heavy (non-hydrogen) atoms. The number of ether oxygens (including phenoxy) is 2. The first kappa shape index (κ1) is 16.4. The Hall–Kier alpha value is -2.46. The minimum Gasteiger partial charge on any atom is -0.497 e. The van der Waals surface area contributed by atoms with E-state index < -0.39 is 0 Å². The molecule has 2 aromatic carbocycles. The molecular weight excluding hydrogens is 302 g/mol. The third-order valence-corrected chi connectivity index (χ3v) is 4.11. The van der Waals surface area contributed by atoms with Crippen LogP contribution in [0.3, 0.4) is 0 Å². The Morgan fingerprint density at radius 3 is 2.42 bits per heavy atom. The highest BCUT2D eigenvalue weighted by Gasteiger charge is 2.11. The lowest BCUT2D eigenvalue weighted by molar-refractivity contribution is 0.275. The van der Waals surface area contributed by atoms with Crippen molar-refractivity contribution in [2.75, 3.05) is 13.7 Å². The summed E-state index contributed by atoms with van der Waals surface area (Å²) in [7, 11) is 1.66. The van der Waals surface area contributed by atoms with Crippen molar-refractivity contribution in [1.29, 1.82) is 0 Å². The molecule has 0 aliphatic heterocycles. The molecule has 1 heterocycles. The van der Waals surface area contributed by atoms with Crippen LogP contribution in [0, 0.1) is 0 Å². The number of benzene rings is 2. The molecule has 3 aromatic rings. The predicted molar refractivity (Wildman–Crippen MR) is 96.2 cm³/mol. The van der Waals surface area contributed by atoms with Crippen LogP contribution in [0.5, 0.6) is 11.5 Å². The maximum Gasteiger partial charge on any atom is 0.119 e. The molecule has 3 rings (SSSR count). The van der Waals surface area contributed by atoms with Gasteiger partial charge in [-0.25, -0.2) is 0 Å². The first-order valence-corrected chi connectivity index (χ1v) is 8.29. The summed E-state index contributed by atoms with van der Waals surface area (Å²) in [5, 5.41) is 10.8. The lowest BCUT2D eigenvalue weighted by Gasteiger charge is -2.11. The van der Waals surface area contributed by atoms with Gasteiger partial charge in [0.2, 0.25) is 0 Å². The van der Waals surface area contributed by atoms with E-state index in [1.165, 1.54) is 0 Å². The van der Waals surface area contributed by atoms with Crippen molar-refractivity contribution in [2.45, 2.75) is 26.4 Å². The zero-order valence-corrected chi connectivity index (χ0v) is 14.2. The zero-order chi connectivity index (χ0) is 16.9. The van der Waals surface area contributed by atoms with E-state index in [4.69, 9.17) is 9.47 Å². The van der Waals surface area contributed by atoms with Crippen molar-refractivity contribution >= 4 is 10.9 Å². The molecule has 0 saturated heterocycles. The number of hydrogen-bond acceptors (Lipinski definition) is 3. The first-order chi connectivity index (χ1) is 11.8. The highest BCUT2D eigenvalue weighted by molar-refractivity contribution is 5.84. The van der Waals surface area contributed by atoms with Gasteiger partial charge in [-0.2, -0.15) is 0 Å². The summed E-state index contributed by atoms with van der Waals surface area (Å²) in [6.07, 6.45) is 2.18. The summed E-state index contributed by atoms with van der Waals surface area (Å²) in [5.41, 5.74) is 2.89. The van der Waals surface area contributed by atoms with Gasteiger partial charge in [-0.05, 0) is 55.0 Å². The van der Waals surface area contributed by atoms with E-state index in [-0.39, 0.29) is 6.61 Å². The molecule has 0 aliphatic rings. The van der Waals surface area contributed by atoms with Gasteiger partial charge in [-0.1, -0.05) is 13.3 Å². The SMILES string of the molecule is CCCCOc1ccc(-n2c(CO)cc3cc(OC)ccc32)cc1. The van der Waals surface area contributed by atoms with Crippen LogP contribution in [0.15, 0.2) is 48.5 Å². The van der Waals surface area contributed by atoms with Gasteiger partial charge < -0.3 is 19.1 Å². The van der Waals surface area contributed by atoms with Crippen molar-refractivity contribution in [2.24, 2.45) is 0 Å². The fraction of sp³-hybridized carbons (Fsp3) is 0.300. The van der Waals surface area contributed by atoms with Crippen molar-refractivity contribution in [3.63, 3.8) is 0 Å². The largest absolute Gasteiger partial charge is 0.497 e.